The Hall–Kier alpha value is -3.09. The minimum absolute atomic E-state index is 0.232. The fourth-order valence-corrected chi connectivity index (χ4v) is 3.18. The van der Waals surface area contributed by atoms with Crippen molar-refractivity contribution in [2.75, 3.05) is 0 Å². The molecule has 0 spiro atoms. The number of esters is 2. The molecular formula is C21H22O7. The minimum atomic E-state index is -1.00. The Morgan fingerprint density at radius 3 is 2.43 bits per heavy atom. The molecule has 0 amide bonds. The molecule has 0 bridgehead atoms. The Bertz CT molecular complexity index is 1030. The van der Waals surface area contributed by atoms with Crippen molar-refractivity contribution >= 4 is 22.9 Å². The molecule has 2 aromatic rings. The Labute approximate surface area is 161 Å². The minimum Gasteiger partial charge on any atom is -0.483 e. The highest BCUT2D eigenvalue weighted by Crippen LogP contribution is 2.46. The van der Waals surface area contributed by atoms with Gasteiger partial charge in [-0.05, 0) is 45.9 Å². The van der Waals surface area contributed by atoms with Crippen molar-refractivity contribution in [3.05, 3.63) is 51.9 Å². The highest BCUT2D eigenvalue weighted by Gasteiger charge is 2.50. The predicted molar refractivity (Wildman–Crippen MR) is 101 cm³/mol. The summed E-state index contributed by atoms with van der Waals surface area (Å²) in [4.78, 5) is 36.1. The van der Waals surface area contributed by atoms with E-state index in [1.165, 1.54) is 13.0 Å². The van der Waals surface area contributed by atoms with Gasteiger partial charge >= 0.3 is 17.6 Å². The Morgan fingerprint density at radius 1 is 1.11 bits per heavy atom. The molecule has 2 heterocycles. The molecule has 28 heavy (non-hydrogen) atoms. The number of fused-ring (bicyclic) bond motifs is 3. The molecule has 0 N–H and O–H groups in total. The fourth-order valence-electron chi connectivity index (χ4n) is 3.18. The van der Waals surface area contributed by atoms with Crippen LogP contribution in [-0.2, 0) is 19.1 Å². The van der Waals surface area contributed by atoms with E-state index in [4.69, 9.17) is 18.6 Å². The molecule has 1 aromatic heterocycles. The summed E-state index contributed by atoms with van der Waals surface area (Å²) in [6, 6.07) is 6.37. The molecule has 0 saturated heterocycles. The van der Waals surface area contributed by atoms with Gasteiger partial charge in [0.2, 0.25) is 0 Å². The molecule has 3 rings (SSSR count). The lowest BCUT2D eigenvalue weighted by atomic mass is 9.87. The molecule has 7 nitrogen and oxygen atoms in total. The number of carbonyl (C=O) groups excluding carboxylic acids is 2. The van der Waals surface area contributed by atoms with Crippen LogP contribution in [0, 0.1) is 0 Å². The summed E-state index contributed by atoms with van der Waals surface area (Å²) in [5.74, 6) is -0.715. The maximum absolute atomic E-state index is 12.4. The predicted octanol–water partition coefficient (Wildman–Crippen LogP) is 3.45. The SMILES string of the molecule is C/C=C(\C)C(=O)O[C@H]1[C@@H](OC(C)=O)c2c(ccc3ccc(=O)oc23)OC1(C)C. The lowest BCUT2D eigenvalue weighted by Crippen LogP contribution is -2.52. The molecule has 148 valence electrons. The van der Waals surface area contributed by atoms with Gasteiger partial charge < -0.3 is 18.6 Å². The highest BCUT2D eigenvalue weighted by molar-refractivity contribution is 5.88. The molecule has 2 atom stereocenters. The van der Waals surface area contributed by atoms with Crippen molar-refractivity contribution in [3.63, 3.8) is 0 Å². The van der Waals surface area contributed by atoms with Crippen molar-refractivity contribution in [1.82, 2.24) is 0 Å². The highest BCUT2D eigenvalue weighted by atomic mass is 16.6. The summed E-state index contributed by atoms with van der Waals surface area (Å²) >= 11 is 0. The first-order chi connectivity index (χ1) is 13.1. The van der Waals surface area contributed by atoms with Crippen molar-refractivity contribution in [2.45, 2.75) is 52.4 Å². The maximum Gasteiger partial charge on any atom is 0.336 e. The topological polar surface area (TPSA) is 92.0 Å². The van der Waals surface area contributed by atoms with Gasteiger partial charge in [0.05, 0.1) is 5.56 Å². The van der Waals surface area contributed by atoms with Gasteiger partial charge in [-0.15, -0.1) is 0 Å². The number of rotatable bonds is 3. The quantitative estimate of drug-likeness (QED) is 0.453. The molecule has 1 aromatic carbocycles. The van der Waals surface area contributed by atoms with Crippen LogP contribution < -0.4 is 10.4 Å². The number of hydrogen-bond donors (Lipinski definition) is 0. The van der Waals surface area contributed by atoms with Crippen LogP contribution in [0.4, 0.5) is 0 Å². The van der Waals surface area contributed by atoms with Gasteiger partial charge in [-0.2, -0.15) is 0 Å². The Morgan fingerprint density at radius 2 is 1.79 bits per heavy atom. The van der Waals surface area contributed by atoms with Crippen LogP contribution in [0.25, 0.3) is 11.0 Å². The van der Waals surface area contributed by atoms with E-state index in [-0.39, 0.29) is 5.58 Å². The summed E-state index contributed by atoms with van der Waals surface area (Å²) in [6.45, 7) is 8.09. The van der Waals surface area contributed by atoms with Gasteiger partial charge in [0.25, 0.3) is 0 Å². The summed E-state index contributed by atoms with van der Waals surface area (Å²) in [5, 5.41) is 0.633. The lowest BCUT2D eigenvalue weighted by molar-refractivity contribution is -0.186. The Balaban J connectivity index is 2.22. The molecule has 0 unspecified atom stereocenters. The van der Waals surface area contributed by atoms with Crippen LogP contribution in [0.5, 0.6) is 5.75 Å². The second-order valence-electron chi connectivity index (χ2n) is 7.18. The van der Waals surface area contributed by atoms with Crippen molar-refractivity contribution in [2.24, 2.45) is 0 Å². The summed E-state index contributed by atoms with van der Waals surface area (Å²) in [6.07, 6.45) is -0.330. The summed E-state index contributed by atoms with van der Waals surface area (Å²) < 4.78 is 22.7. The lowest BCUT2D eigenvalue weighted by Gasteiger charge is -2.43. The smallest absolute Gasteiger partial charge is 0.336 e. The molecule has 0 radical (unpaired) electrons. The van der Waals surface area contributed by atoms with Crippen LogP contribution in [0.1, 0.15) is 46.3 Å². The van der Waals surface area contributed by atoms with Gasteiger partial charge in [-0.25, -0.2) is 9.59 Å². The molecule has 0 saturated carbocycles. The van der Waals surface area contributed by atoms with Crippen molar-refractivity contribution < 1.29 is 28.2 Å². The third kappa shape index (κ3) is 3.52. The zero-order valence-corrected chi connectivity index (χ0v) is 16.4. The van der Waals surface area contributed by atoms with Gasteiger partial charge in [0, 0.05) is 23.9 Å². The van der Waals surface area contributed by atoms with Gasteiger partial charge in [-0.1, -0.05) is 6.08 Å². The van der Waals surface area contributed by atoms with Crippen LogP contribution in [0.15, 0.2) is 45.1 Å². The first-order valence-electron chi connectivity index (χ1n) is 8.91. The van der Waals surface area contributed by atoms with E-state index in [9.17, 15) is 14.4 Å². The third-order valence-electron chi connectivity index (χ3n) is 4.69. The van der Waals surface area contributed by atoms with E-state index in [0.717, 1.165) is 0 Å². The zero-order chi connectivity index (χ0) is 20.6. The van der Waals surface area contributed by atoms with Crippen LogP contribution >= 0.6 is 0 Å². The fraction of sp³-hybridized carbons (Fsp3) is 0.381. The van der Waals surface area contributed by atoms with E-state index in [1.807, 2.05) is 0 Å². The molecule has 7 heteroatoms. The van der Waals surface area contributed by atoms with Gasteiger partial charge in [-0.3, -0.25) is 4.79 Å². The third-order valence-corrected chi connectivity index (χ3v) is 4.69. The summed E-state index contributed by atoms with van der Waals surface area (Å²) in [5.41, 5.74) is -0.547. The van der Waals surface area contributed by atoms with E-state index in [2.05, 4.69) is 0 Å². The number of benzene rings is 1. The molecule has 0 fully saturated rings. The first kappa shape index (κ1) is 19.7. The van der Waals surface area contributed by atoms with Crippen molar-refractivity contribution in [3.8, 4) is 5.75 Å². The van der Waals surface area contributed by atoms with Crippen molar-refractivity contribution in [1.29, 1.82) is 0 Å². The summed E-state index contributed by atoms with van der Waals surface area (Å²) in [7, 11) is 0. The maximum atomic E-state index is 12.4. The molecule has 1 aliphatic rings. The van der Waals surface area contributed by atoms with Crippen LogP contribution in [-0.4, -0.2) is 23.6 Å². The molecular weight excluding hydrogens is 364 g/mol. The number of carbonyl (C=O) groups is 2. The van der Waals surface area contributed by atoms with Gasteiger partial charge in [0.1, 0.15) is 16.9 Å². The average Bonchev–Trinajstić information content (AvgIpc) is 2.62. The van der Waals surface area contributed by atoms with E-state index >= 15 is 0 Å². The first-order valence-corrected chi connectivity index (χ1v) is 8.91. The monoisotopic (exact) mass is 386 g/mol. The molecule has 0 aliphatic carbocycles. The number of ether oxygens (including phenoxy) is 3. The van der Waals surface area contributed by atoms with Crippen LogP contribution in [0.3, 0.4) is 0 Å². The standard InChI is InChI=1S/C21H22O7/c1-6-11(2)20(24)27-19-18(25-12(3)22)16-14(28-21(19,4)5)9-7-13-8-10-15(23)26-17(13)16/h6-10,18-19H,1-5H3/b11-6+/t18-,19-/m0/s1. The van der Waals surface area contributed by atoms with Gasteiger partial charge in [0.15, 0.2) is 12.2 Å². The molecule has 1 aliphatic heterocycles. The Kier molecular flexibility index (Phi) is 5.02. The number of allylic oxidation sites excluding steroid dienone is 1. The van der Waals surface area contributed by atoms with Crippen LogP contribution in [0.2, 0.25) is 0 Å². The van der Waals surface area contributed by atoms with E-state index < -0.39 is 35.4 Å². The number of hydrogen-bond acceptors (Lipinski definition) is 7. The second-order valence-corrected chi connectivity index (χ2v) is 7.18. The van der Waals surface area contributed by atoms with E-state index in [1.54, 1.807) is 52.0 Å². The normalized spacial score (nSPS) is 20.8. The second kappa shape index (κ2) is 7.14. The largest absolute Gasteiger partial charge is 0.483 e. The van der Waals surface area contributed by atoms with E-state index in [0.29, 0.717) is 22.3 Å². The zero-order valence-electron chi connectivity index (χ0n) is 16.4. The average molecular weight is 386 g/mol.